The summed E-state index contributed by atoms with van der Waals surface area (Å²) >= 11 is 0. The minimum atomic E-state index is 0.239. The summed E-state index contributed by atoms with van der Waals surface area (Å²) in [5.41, 5.74) is 2.76. The smallest absolute Gasteiger partial charge is 0.0722 e. The van der Waals surface area contributed by atoms with Gasteiger partial charge in [-0.05, 0) is 44.4 Å². The number of para-hydroxylation sites is 1. The minimum Gasteiger partial charge on any atom is -0.380 e. The van der Waals surface area contributed by atoms with Crippen molar-refractivity contribution in [1.82, 2.24) is 9.88 Å². The summed E-state index contributed by atoms with van der Waals surface area (Å²) in [6.45, 7) is 4.11. The molecule has 0 bridgehead atoms. The quantitative estimate of drug-likeness (QED) is 0.838. The lowest BCUT2D eigenvalue weighted by Crippen LogP contribution is -2.19. The van der Waals surface area contributed by atoms with E-state index < -0.39 is 0 Å². The molecule has 0 spiro atoms. The number of nitrogens with zero attached hydrogens (tertiary/aromatic N) is 1. The first-order chi connectivity index (χ1) is 9.78. The van der Waals surface area contributed by atoms with Gasteiger partial charge in [-0.2, -0.15) is 0 Å². The molecule has 1 aliphatic carbocycles. The summed E-state index contributed by atoms with van der Waals surface area (Å²) in [4.78, 5) is 0. The molecular weight excluding hydrogens is 248 g/mol. The monoisotopic (exact) mass is 272 g/mol. The Hall–Kier alpha value is -1.32. The van der Waals surface area contributed by atoms with Gasteiger partial charge in [0.2, 0.25) is 0 Å². The van der Waals surface area contributed by atoms with Crippen molar-refractivity contribution in [2.45, 2.75) is 44.9 Å². The number of methoxy groups -OCH3 is 1. The fourth-order valence-electron chi connectivity index (χ4n) is 2.72. The Kier molecular flexibility index (Phi) is 4.08. The van der Waals surface area contributed by atoms with E-state index >= 15 is 0 Å². The number of hydrogen-bond donors (Lipinski definition) is 1. The van der Waals surface area contributed by atoms with Crippen LogP contribution in [-0.4, -0.2) is 30.4 Å². The third-order valence-corrected chi connectivity index (χ3v) is 4.13. The van der Waals surface area contributed by atoms with Crippen LogP contribution >= 0.6 is 0 Å². The Morgan fingerprint density at radius 3 is 2.90 bits per heavy atom. The van der Waals surface area contributed by atoms with Crippen LogP contribution in [0.15, 0.2) is 30.5 Å². The third-order valence-electron chi connectivity index (χ3n) is 4.13. The van der Waals surface area contributed by atoms with Gasteiger partial charge < -0.3 is 14.6 Å². The molecule has 1 aliphatic rings. The number of fused-ring (bicyclic) bond motifs is 1. The molecule has 0 radical (unpaired) electrons. The SMILES string of the molecule is COC(C)Cn1cc(CCNC2CC2)c2ccccc21. The molecule has 1 aromatic heterocycles. The summed E-state index contributed by atoms with van der Waals surface area (Å²) in [6.07, 6.45) is 6.35. The van der Waals surface area contributed by atoms with Gasteiger partial charge in [0.15, 0.2) is 0 Å². The maximum Gasteiger partial charge on any atom is 0.0722 e. The summed E-state index contributed by atoms with van der Waals surface area (Å²) in [7, 11) is 1.77. The molecule has 1 heterocycles. The van der Waals surface area contributed by atoms with E-state index in [0.717, 1.165) is 25.6 Å². The number of ether oxygens (including phenoxy) is 1. The van der Waals surface area contributed by atoms with Crippen molar-refractivity contribution in [3.63, 3.8) is 0 Å². The van der Waals surface area contributed by atoms with Gasteiger partial charge in [-0.15, -0.1) is 0 Å². The number of benzene rings is 1. The third kappa shape index (κ3) is 3.05. The van der Waals surface area contributed by atoms with Crippen molar-refractivity contribution in [3.8, 4) is 0 Å². The largest absolute Gasteiger partial charge is 0.380 e. The molecule has 3 rings (SSSR count). The van der Waals surface area contributed by atoms with Gasteiger partial charge in [-0.25, -0.2) is 0 Å². The van der Waals surface area contributed by atoms with E-state index in [1.807, 2.05) is 0 Å². The van der Waals surface area contributed by atoms with Gasteiger partial charge >= 0.3 is 0 Å². The molecule has 108 valence electrons. The van der Waals surface area contributed by atoms with Crippen molar-refractivity contribution < 1.29 is 4.74 Å². The van der Waals surface area contributed by atoms with Crippen LogP contribution < -0.4 is 5.32 Å². The van der Waals surface area contributed by atoms with Crippen molar-refractivity contribution in [1.29, 1.82) is 0 Å². The van der Waals surface area contributed by atoms with Gasteiger partial charge in [-0.1, -0.05) is 18.2 Å². The van der Waals surface area contributed by atoms with Crippen LogP contribution in [0, 0.1) is 0 Å². The second-order valence-corrected chi connectivity index (χ2v) is 5.85. The molecular formula is C17H24N2O. The van der Waals surface area contributed by atoms with E-state index in [2.05, 4.69) is 47.3 Å². The van der Waals surface area contributed by atoms with Gasteiger partial charge in [0.05, 0.1) is 6.10 Å². The molecule has 1 unspecified atom stereocenters. The maximum atomic E-state index is 5.40. The van der Waals surface area contributed by atoms with Crippen molar-refractivity contribution in [2.75, 3.05) is 13.7 Å². The molecule has 0 aliphatic heterocycles. The Bertz CT molecular complexity index is 571. The fraction of sp³-hybridized carbons (Fsp3) is 0.529. The molecule has 1 saturated carbocycles. The molecule has 1 N–H and O–H groups in total. The zero-order valence-electron chi connectivity index (χ0n) is 12.4. The maximum absolute atomic E-state index is 5.40. The minimum absolute atomic E-state index is 0.239. The topological polar surface area (TPSA) is 26.2 Å². The van der Waals surface area contributed by atoms with Crippen LogP contribution in [-0.2, 0) is 17.7 Å². The Morgan fingerprint density at radius 1 is 1.35 bits per heavy atom. The average molecular weight is 272 g/mol. The number of hydrogen-bond acceptors (Lipinski definition) is 2. The van der Waals surface area contributed by atoms with Gasteiger partial charge in [0.1, 0.15) is 0 Å². The molecule has 1 fully saturated rings. The van der Waals surface area contributed by atoms with Crippen LogP contribution in [0.3, 0.4) is 0 Å². The lowest BCUT2D eigenvalue weighted by atomic mass is 10.1. The number of aromatic nitrogens is 1. The Balaban J connectivity index is 1.79. The van der Waals surface area contributed by atoms with Gasteiger partial charge in [-0.3, -0.25) is 0 Å². The summed E-state index contributed by atoms with van der Waals surface area (Å²) in [5.74, 6) is 0. The van der Waals surface area contributed by atoms with Gasteiger partial charge in [0, 0.05) is 36.8 Å². The molecule has 20 heavy (non-hydrogen) atoms. The second kappa shape index (κ2) is 5.98. The molecule has 1 atom stereocenters. The van der Waals surface area contributed by atoms with Crippen LogP contribution in [0.1, 0.15) is 25.3 Å². The first kappa shape index (κ1) is 13.7. The normalized spacial score (nSPS) is 16.7. The predicted octanol–water partition coefficient (Wildman–Crippen LogP) is 2.97. The molecule has 3 heteroatoms. The Labute approximate surface area is 120 Å². The summed E-state index contributed by atoms with van der Waals surface area (Å²) in [5, 5.41) is 4.98. The molecule has 0 amide bonds. The molecule has 0 saturated heterocycles. The van der Waals surface area contributed by atoms with E-state index in [1.54, 1.807) is 7.11 Å². The second-order valence-electron chi connectivity index (χ2n) is 5.85. The van der Waals surface area contributed by atoms with Crippen molar-refractivity contribution >= 4 is 10.9 Å². The van der Waals surface area contributed by atoms with E-state index in [1.165, 1.54) is 29.3 Å². The number of nitrogens with one attached hydrogen (secondary N) is 1. The highest BCUT2D eigenvalue weighted by Gasteiger charge is 2.20. The summed E-state index contributed by atoms with van der Waals surface area (Å²) in [6, 6.07) is 9.47. The lowest BCUT2D eigenvalue weighted by molar-refractivity contribution is 0.104. The molecule has 3 nitrogen and oxygen atoms in total. The van der Waals surface area contributed by atoms with Crippen LogP contribution in [0.4, 0.5) is 0 Å². The zero-order valence-corrected chi connectivity index (χ0v) is 12.4. The fourth-order valence-corrected chi connectivity index (χ4v) is 2.72. The highest BCUT2D eigenvalue weighted by molar-refractivity contribution is 5.84. The van der Waals surface area contributed by atoms with Crippen molar-refractivity contribution in [3.05, 3.63) is 36.0 Å². The van der Waals surface area contributed by atoms with E-state index in [9.17, 15) is 0 Å². The zero-order chi connectivity index (χ0) is 13.9. The standard InChI is InChI=1S/C17H24N2O/c1-13(20-2)11-19-12-14(9-10-18-15-7-8-15)16-5-3-4-6-17(16)19/h3-6,12-13,15,18H,7-11H2,1-2H3. The first-order valence-electron chi connectivity index (χ1n) is 7.61. The van der Waals surface area contributed by atoms with Crippen molar-refractivity contribution in [2.24, 2.45) is 0 Å². The van der Waals surface area contributed by atoms with E-state index in [0.29, 0.717) is 0 Å². The molecule has 2 aromatic rings. The van der Waals surface area contributed by atoms with Crippen LogP contribution in [0.2, 0.25) is 0 Å². The lowest BCUT2D eigenvalue weighted by Gasteiger charge is -2.11. The first-order valence-corrected chi connectivity index (χ1v) is 7.61. The molecule has 1 aromatic carbocycles. The van der Waals surface area contributed by atoms with Crippen LogP contribution in [0.25, 0.3) is 10.9 Å². The summed E-state index contributed by atoms with van der Waals surface area (Å²) < 4.78 is 7.73. The number of rotatable bonds is 7. The highest BCUT2D eigenvalue weighted by atomic mass is 16.5. The van der Waals surface area contributed by atoms with E-state index in [-0.39, 0.29) is 6.10 Å². The highest BCUT2D eigenvalue weighted by Crippen LogP contribution is 2.23. The van der Waals surface area contributed by atoms with E-state index in [4.69, 9.17) is 4.74 Å². The predicted molar refractivity (Wildman–Crippen MR) is 83.1 cm³/mol. The van der Waals surface area contributed by atoms with Crippen LogP contribution in [0.5, 0.6) is 0 Å². The van der Waals surface area contributed by atoms with Gasteiger partial charge in [0.25, 0.3) is 0 Å². The Morgan fingerprint density at radius 2 is 2.15 bits per heavy atom. The average Bonchev–Trinajstić information content (AvgIpc) is 3.23.